The number of hydrogen-bond acceptors (Lipinski definition) is 5. The molecule has 2 saturated heterocycles. The second kappa shape index (κ2) is 7.92. The molecule has 1 atom stereocenters. The van der Waals surface area contributed by atoms with Crippen LogP contribution < -0.4 is 10.6 Å². The molecule has 144 valence electrons. The summed E-state index contributed by atoms with van der Waals surface area (Å²) in [4.78, 5) is 23.9. The number of anilines is 1. The summed E-state index contributed by atoms with van der Waals surface area (Å²) in [7, 11) is 2.20. The summed E-state index contributed by atoms with van der Waals surface area (Å²) < 4.78 is 0. The van der Waals surface area contributed by atoms with Gasteiger partial charge in [0, 0.05) is 51.0 Å². The highest BCUT2D eigenvalue weighted by molar-refractivity contribution is 5.98. The quantitative estimate of drug-likeness (QED) is 0.885. The van der Waals surface area contributed by atoms with Crippen molar-refractivity contribution in [3.63, 3.8) is 0 Å². The summed E-state index contributed by atoms with van der Waals surface area (Å²) in [5.41, 5.74) is 8.15. The normalized spacial score (nSPS) is 21.8. The average Bonchev–Trinajstić information content (AvgIpc) is 2.63. The molecule has 3 rings (SSSR count). The number of pyridine rings is 1. The highest BCUT2D eigenvalue weighted by Crippen LogP contribution is 2.29. The number of piperazine rings is 1. The zero-order chi connectivity index (χ0) is 18.8. The molecule has 0 radical (unpaired) electrons. The van der Waals surface area contributed by atoms with Crippen molar-refractivity contribution in [2.45, 2.75) is 39.7 Å². The van der Waals surface area contributed by atoms with Crippen LogP contribution in [0.2, 0.25) is 0 Å². The molecule has 1 aromatic heterocycles. The molecule has 0 aromatic carbocycles. The minimum atomic E-state index is -0.386. The SMILES string of the molecule is Cc1cc(C(N)=O)c(N2CCC(C(C)N3CCN(C)CC3)CC2)nc1C. The Bertz CT molecular complexity index is 646. The third-order valence-electron chi connectivity index (χ3n) is 6.35. The number of hydrogen-bond donors (Lipinski definition) is 1. The number of aryl methyl sites for hydroxylation is 2. The smallest absolute Gasteiger partial charge is 0.252 e. The molecule has 2 aliphatic heterocycles. The topological polar surface area (TPSA) is 65.7 Å². The molecule has 3 heterocycles. The van der Waals surface area contributed by atoms with Crippen LogP contribution in [0.15, 0.2) is 6.07 Å². The first-order chi connectivity index (χ1) is 12.4. The Balaban J connectivity index is 1.65. The maximum absolute atomic E-state index is 11.9. The molecule has 2 fully saturated rings. The first-order valence-corrected chi connectivity index (χ1v) is 9.82. The molecule has 0 saturated carbocycles. The summed E-state index contributed by atoms with van der Waals surface area (Å²) in [6.45, 7) is 12.9. The summed E-state index contributed by atoms with van der Waals surface area (Å²) in [5, 5.41) is 0. The molecular weight excluding hydrogens is 326 g/mol. The van der Waals surface area contributed by atoms with Gasteiger partial charge in [-0.05, 0) is 58.2 Å². The molecule has 1 amide bonds. The maximum Gasteiger partial charge on any atom is 0.252 e. The number of carbonyl (C=O) groups is 1. The van der Waals surface area contributed by atoms with E-state index < -0.39 is 0 Å². The number of carbonyl (C=O) groups excluding carboxylic acids is 1. The van der Waals surface area contributed by atoms with Crippen LogP contribution in [0.3, 0.4) is 0 Å². The number of piperidine rings is 1. The number of likely N-dealkylation sites (N-methyl/N-ethyl adjacent to an activating group) is 1. The number of nitrogens with zero attached hydrogens (tertiary/aromatic N) is 4. The number of nitrogens with two attached hydrogens (primary N) is 1. The van der Waals surface area contributed by atoms with Gasteiger partial charge in [-0.3, -0.25) is 9.69 Å². The van der Waals surface area contributed by atoms with Crippen molar-refractivity contribution in [3.05, 3.63) is 22.9 Å². The highest BCUT2D eigenvalue weighted by atomic mass is 16.1. The van der Waals surface area contributed by atoms with E-state index in [0.717, 1.165) is 56.1 Å². The van der Waals surface area contributed by atoms with E-state index >= 15 is 0 Å². The molecule has 6 nitrogen and oxygen atoms in total. The summed E-state index contributed by atoms with van der Waals surface area (Å²) in [5.74, 6) is 1.09. The fourth-order valence-corrected chi connectivity index (χ4v) is 4.24. The zero-order valence-corrected chi connectivity index (χ0v) is 16.7. The van der Waals surface area contributed by atoms with Gasteiger partial charge in [-0.15, -0.1) is 0 Å². The van der Waals surface area contributed by atoms with Crippen LogP contribution in [-0.4, -0.2) is 73.0 Å². The van der Waals surface area contributed by atoms with Crippen molar-refractivity contribution >= 4 is 11.7 Å². The van der Waals surface area contributed by atoms with Crippen molar-refractivity contribution in [3.8, 4) is 0 Å². The summed E-state index contributed by atoms with van der Waals surface area (Å²) >= 11 is 0. The summed E-state index contributed by atoms with van der Waals surface area (Å²) in [6.07, 6.45) is 2.28. The van der Waals surface area contributed by atoms with Crippen molar-refractivity contribution in [1.82, 2.24) is 14.8 Å². The van der Waals surface area contributed by atoms with Gasteiger partial charge in [-0.1, -0.05) is 0 Å². The van der Waals surface area contributed by atoms with Crippen molar-refractivity contribution in [1.29, 1.82) is 0 Å². The predicted molar refractivity (Wildman–Crippen MR) is 106 cm³/mol. The van der Waals surface area contributed by atoms with E-state index in [1.165, 1.54) is 13.1 Å². The van der Waals surface area contributed by atoms with Crippen molar-refractivity contribution in [2.24, 2.45) is 11.7 Å². The van der Waals surface area contributed by atoms with Gasteiger partial charge in [0.2, 0.25) is 0 Å². The van der Waals surface area contributed by atoms with Gasteiger partial charge in [0.25, 0.3) is 5.91 Å². The van der Waals surface area contributed by atoms with Gasteiger partial charge in [0.05, 0.1) is 5.56 Å². The van der Waals surface area contributed by atoms with Crippen LogP contribution in [0.4, 0.5) is 5.82 Å². The first-order valence-electron chi connectivity index (χ1n) is 9.82. The Morgan fingerprint density at radius 3 is 2.35 bits per heavy atom. The van der Waals surface area contributed by atoms with Gasteiger partial charge in [-0.2, -0.15) is 0 Å². The van der Waals surface area contributed by atoms with Crippen LogP contribution in [0, 0.1) is 19.8 Å². The lowest BCUT2D eigenvalue weighted by molar-refractivity contribution is 0.0813. The minimum Gasteiger partial charge on any atom is -0.365 e. The molecule has 26 heavy (non-hydrogen) atoms. The lowest BCUT2D eigenvalue weighted by Crippen LogP contribution is -2.52. The fraction of sp³-hybridized carbons (Fsp3) is 0.700. The molecule has 1 aromatic rings. The number of primary amides is 1. The minimum absolute atomic E-state index is 0.386. The molecule has 2 aliphatic rings. The van der Waals surface area contributed by atoms with Crippen LogP contribution in [-0.2, 0) is 0 Å². The Morgan fingerprint density at radius 2 is 1.77 bits per heavy atom. The first kappa shape index (κ1) is 19.1. The number of aromatic nitrogens is 1. The molecule has 1 unspecified atom stereocenters. The predicted octanol–water partition coefficient (Wildman–Crippen LogP) is 1.65. The van der Waals surface area contributed by atoms with E-state index in [9.17, 15) is 4.79 Å². The maximum atomic E-state index is 11.9. The second-order valence-corrected chi connectivity index (χ2v) is 8.03. The standard InChI is InChI=1S/C20H33N5O/c1-14-13-18(19(21)26)20(22-15(14)2)25-7-5-17(6-8-25)16(3)24-11-9-23(4)10-12-24/h13,16-17H,5-12H2,1-4H3,(H2,21,26). The average molecular weight is 360 g/mol. The Labute approximate surface area is 157 Å². The zero-order valence-electron chi connectivity index (χ0n) is 16.7. The fourth-order valence-electron chi connectivity index (χ4n) is 4.24. The molecule has 0 bridgehead atoms. The Kier molecular flexibility index (Phi) is 5.82. The van der Waals surface area contributed by atoms with Gasteiger partial charge >= 0.3 is 0 Å². The Morgan fingerprint density at radius 1 is 1.15 bits per heavy atom. The van der Waals surface area contributed by atoms with E-state index in [2.05, 4.69) is 28.7 Å². The molecular formula is C20H33N5O. The van der Waals surface area contributed by atoms with E-state index in [4.69, 9.17) is 10.7 Å². The van der Waals surface area contributed by atoms with Crippen LogP contribution in [0.5, 0.6) is 0 Å². The largest absolute Gasteiger partial charge is 0.365 e. The van der Waals surface area contributed by atoms with E-state index in [0.29, 0.717) is 17.5 Å². The van der Waals surface area contributed by atoms with Gasteiger partial charge in [0.1, 0.15) is 5.82 Å². The van der Waals surface area contributed by atoms with E-state index in [1.54, 1.807) is 0 Å². The van der Waals surface area contributed by atoms with Crippen molar-refractivity contribution in [2.75, 3.05) is 51.2 Å². The summed E-state index contributed by atoms with van der Waals surface area (Å²) in [6, 6.07) is 2.51. The van der Waals surface area contributed by atoms with E-state index in [1.807, 2.05) is 19.9 Å². The van der Waals surface area contributed by atoms with Crippen molar-refractivity contribution < 1.29 is 4.79 Å². The third kappa shape index (κ3) is 4.01. The lowest BCUT2D eigenvalue weighted by atomic mass is 9.89. The van der Waals surface area contributed by atoms with Gasteiger partial charge < -0.3 is 15.5 Å². The molecule has 0 spiro atoms. The molecule has 0 aliphatic carbocycles. The van der Waals surface area contributed by atoms with Crippen LogP contribution in [0.1, 0.15) is 41.4 Å². The van der Waals surface area contributed by atoms with E-state index in [-0.39, 0.29) is 5.91 Å². The lowest BCUT2D eigenvalue weighted by Gasteiger charge is -2.43. The number of rotatable bonds is 4. The van der Waals surface area contributed by atoms with Gasteiger partial charge in [-0.25, -0.2) is 4.98 Å². The second-order valence-electron chi connectivity index (χ2n) is 8.03. The molecule has 6 heteroatoms. The van der Waals surface area contributed by atoms with Crippen LogP contribution in [0.25, 0.3) is 0 Å². The highest BCUT2D eigenvalue weighted by Gasteiger charge is 2.30. The van der Waals surface area contributed by atoms with Crippen LogP contribution >= 0.6 is 0 Å². The van der Waals surface area contributed by atoms with Gasteiger partial charge in [0.15, 0.2) is 0 Å². The number of amides is 1. The Hall–Kier alpha value is -1.66. The third-order valence-corrected chi connectivity index (χ3v) is 6.35. The monoisotopic (exact) mass is 359 g/mol. The molecule has 2 N–H and O–H groups in total.